The van der Waals surface area contributed by atoms with Crippen molar-refractivity contribution >= 4 is 0 Å². The fourth-order valence-electron chi connectivity index (χ4n) is 0.919. The molecule has 0 aromatic heterocycles. The minimum Gasteiger partial charge on any atom is -0.405 e. The molecule has 0 aliphatic rings. The maximum atomic E-state index is 5.27. The van der Waals surface area contributed by atoms with Crippen LogP contribution in [0.25, 0.3) is 0 Å². The van der Waals surface area contributed by atoms with E-state index in [4.69, 9.17) is 9.68 Å². The second-order valence-electron chi connectivity index (χ2n) is 2.65. The molecule has 0 amide bonds. The molecule has 0 saturated heterocycles. The number of hydroxylamine groups is 2. The number of benzene rings is 1. The van der Waals surface area contributed by atoms with E-state index in [2.05, 4.69) is 11.0 Å². The topological polar surface area (TPSA) is 42.5 Å². The lowest BCUT2D eigenvalue weighted by Crippen LogP contribution is -2.21. The first-order valence-corrected chi connectivity index (χ1v) is 4.77. The first-order chi connectivity index (χ1) is 6.88. The van der Waals surface area contributed by atoms with Crippen LogP contribution in [0.3, 0.4) is 0 Å². The van der Waals surface area contributed by atoms with Gasteiger partial charge in [-0.3, -0.25) is 0 Å². The number of rotatable bonds is 6. The van der Waals surface area contributed by atoms with E-state index in [1.54, 1.807) is 0 Å². The standard InChI is InChI=1S/C10H16N2O2/c1-3-11-13-9-7-5-6-8-10(9)14-12-4-2/h5-8,11-12H,3-4H2,1-2H3. The first-order valence-electron chi connectivity index (χ1n) is 4.77. The van der Waals surface area contributed by atoms with Crippen LogP contribution in [0.4, 0.5) is 0 Å². The van der Waals surface area contributed by atoms with Crippen molar-refractivity contribution in [1.29, 1.82) is 0 Å². The molecule has 2 N–H and O–H groups in total. The lowest BCUT2D eigenvalue weighted by Gasteiger charge is -2.10. The number of hydrogen-bond acceptors (Lipinski definition) is 4. The van der Waals surface area contributed by atoms with Gasteiger partial charge in [0.25, 0.3) is 0 Å². The Labute approximate surface area is 84.1 Å². The second kappa shape index (κ2) is 6.23. The molecule has 0 radical (unpaired) electrons. The Morgan fingerprint density at radius 3 is 1.71 bits per heavy atom. The third-order valence-electron chi connectivity index (χ3n) is 1.50. The molecule has 1 aromatic carbocycles. The highest BCUT2D eigenvalue weighted by molar-refractivity contribution is 5.38. The maximum absolute atomic E-state index is 5.27. The summed E-state index contributed by atoms with van der Waals surface area (Å²) >= 11 is 0. The van der Waals surface area contributed by atoms with E-state index in [9.17, 15) is 0 Å². The van der Waals surface area contributed by atoms with Gasteiger partial charge in [-0.25, -0.2) is 0 Å². The Bertz CT molecular complexity index is 239. The van der Waals surface area contributed by atoms with Gasteiger partial charge in [0.15, 0.2) is 11.5 Å². The zero-order valence-electron chi connectivity index (χ0n) is 8.54. The molecule has 0 unspecified atom stereocenters. The van der Waals surface area contributed by atoms with Gasteiger partial charge >= 0.3 is 0 Å². The Balaban J connectivity index is 2.60. The van der Waals surface area contributed by atoms with Crippen molar-refractivity contribution in [2.24, 2.45) is 0 Å². The summed E-state index contributed by atoms with van der Waals surface area (Å²) in [7, 11) is 0. The molecule has 0 bridgehead atoms. The predicted molar refractivity (Wildman–Crippen MR) is 55.1 cm³/mol. The predicted octanol–water partition coefficient (Wildman–Crippen LogP) is 1.49. The summed E-state index contributed by atoms with van der Waals surface area (Å²) in [5.41, 5.74) is 5.55. The quantitative estimate of drug-likeness (QED) is 0.676. The summed E-state index contributed by atoms with van der Waals surface area (Å²) in [6.45, 7) is 5.42. The van der Waals surface area contributed by atoms with Crippen LogP contribution in [0.15, 0.2) is 24.3 Å². The van der Waals surface area contributed by atoms with E-state index in [1.165, 1.54) is 0 Å². The summed E-state index contributed by atoms with van der Waals surface area (Å²) in [4.78, 5) is 10.5. The molecule has 0 fully saturated rings. The van der Waals surface area contributed by atoms with Crippen molar-refractivity contribution in [3.8, 4) is 11.5 Å². The largest absolute Gasteiger partial charge is 0.405 e. The summed E-state index contributed by atoms with van der Waals surface area (Å²) < 4.78 is 0. The Morgan fingerprint density at radius 1 is 0.929 bits per heavy atom. The van der Waals surface area contributed by atoms with Gasteiger partial charge in [-0.2, -0.15) is 11.0 Å². The molecule has 0 aliphatic heterocycles. The highest BCUT2D eigenvalue weighted by Crippen LogP contribution is 2.24. The van der Waals surface area contributed by atoms with Gasteiger partial charge in [0.1, 0.15) is 0 Å². The lowest BCUT2D eigenvalue weighted by molar-refractivity contribution is 0.160. The molecular weight excluding hydrogens is 180 g/mol. The summed E-state index contributed by atoms with van der Waals surface area (Å²) in [6.07, 6.45) is 0. The summed E-state index contributed by atoms with van der Waals surface area (Å²) in [5.74, 6) is 1.35. The molecule has 1 aromatic rings. The van der Waals surface area contributed by atoms with Crippen LogP contribution in [0.5, 0.6) is 11.5 Å². The minimum atomic E-state index is 0.676. The van der Waals surface area contributed by atoms with Crippen molar-refractivity contribution < 1.29 is 9.68 Å². The fourth-order valence-corrected chi connectivity index (χ4v) is 0.919. The van der Waals surface area contributed by atoms with Crippen molar-refractivity contribution in [1.82, 2.24) is 11.0 Å². The van der Waals surface area contributed by atoms with Crippen LogP contribution < -0.4 is 20.6 Å². The lowest BCUT2D eigenvalue weighted by atomic mass is 10.3. The van der Waals surface area contributed by atoms with Gasteiger partial charge in [0.05, 0.1) is 0 Å². The van der Waals surface area contributed by atoms with Crippen LogP contribution >= 0.6 is 0 Å². The number of hydrogen-bond donors (Lipinski definition) is 2. The fraction of sp³-hybridized carbons (Fsp3) is 0.400. The third kappa shape index (κ3) is 3.24. The van der Waals surface area contributed by atoms with Gasteiger partial charge in [0, 0.05) is 13.1 Å². The Morgan fingerprint density at radius 2 is 1.36 bits per heavy atom. The van der Waals surface area contributed by atoms with Gasteiger partial charge in [-0.15, -0.1) is 0 Å². The summed E-state index contributed by atoms with van der Waals surface area (Å²) in [5, 5.41) is 0. The Kier molecular flexibility index (Phi) is 4.82. The number of para-hydroxylation sites is 2. The van der Waals surface area contributed by atoms with Crippen LogP contribution in [-0.4, -0.2) is 13.1 Å². The van der Waals surface area contributed by atoms with Crippen LogP contribution in [0.1, 0.15) is 13.8 Å². The maximum Gasteiger partial charge on any atom is 0.191 e. The van der Waals surface area contributed by atoms with E-state index < -0.39 is 0 Å². The molecule has 0 spiro atoms. The van der Waals surface area contributed by atoms with Gasteiger partial charge in [-0.05, 0) is 26.0 Å². The van der Waals surface area contributed by atoms with E-state index in [0.717, 1.165) is 13.1 Å². The monoisotopic (exact) mass is 196 g/mol. The molecule has 0 atom stereocenters. The third-order valence-corrected chi connectivity index (χ3v) is 1.50. The smallest absolute Gasteiger partial charge is 0.191 e. The SMILES string of the molecule is CCNOc1ccccc1ONCC. The highest BCUT2D eigenvalue weighted by Gasteiger charge is 2.03. The molecule has 4 nitrogen and oxygen atoms in total. The molecule has 0 heterocycles. The van der Waals surface area contributed by atoms with Crippen LogP contribution in [-0.2, 0) is 0 Å². The van der Waals surface area contributed by atoms with Gasteiger partial charge in [-0.1, -0.05) is 12.1 Å². The number of nitrogens with one attached hydrogen (secondary N) is 2. The van der Waals surface area contributed by atoms with Crippen molar-refractivity contribution in [2.75, 3.05) is 13.1 Å². The van der Waals surface area contributed by atoms with Crippen molar-refractivity contribution in [3.63, 3.8) is 0 Å². The highest BCUT2D eigenvalue weighted by atomic mass is 16.7. The molecule has 14 heavy (non-hydrogen) atoms. The minimum absolute atomic E-state index is 0.676. The molecule has 1 rings (SSSR count). The molecule has 4 heteroatoms. The Hall–Kier alpha value is -1.26. The zero-order chi connectivity index (χ0) is 10.2. The van der Waals surface area contributed by atoms with E-state index in [0.29, 0.717) is 11.5 Å². The average molecular weight is 196 g/mol. The molecular formula is C10H16N2O2. The average Bonchev–Trinajstić information content (AvgIpc) is 2.24. The van der Waals surface area contributed by atoms with Crippen LogP contribution in [0.2, 0.25) is 0 Å². The first kappa shape index (κ1) is 10.8. The van der Waals surface area contributed by atoms with Crippen molar-refractivity contribution in [3.05, 3.63) is 24.3 Å². The van der Waals surface area contributed by atoms with E-state index in [-0.39, 0.29) is 0 Å². The van der Waals surface area contributed by atoms with Crippen LogP contribution in [0, 0.1) is 0 Å². The summed E-state index contributed by atoms with van der Waals surface area (Å²) in [6, 6.07) is 7.47. The van der Waals surface area contributed by atoms with E-state index in [1.807, 2.05) is 38.1 Å². The normalized spacial score (nSPS) is 9.86. The molecule has 0 saturated carbocycles. The second-order valence-corrected chi connectivity index (χ2v) is 2.65. The van der Waals surface area contributed by atoms with Gasteiger partial charge in [0.2, 0.25) is 0 Å². The van der Waals surface area contributed by atoms with Crippen molar-refractivity contribution in [2.45, 2.75) is 13.8 Å². The molecule has 0 aliphatic carbocycles. The van der Waals surface area contributed by atoms with E-state index >= 15 is 0 Å². The molecule has 78 valence electrons. The van der Waals surface area contributed by atoms with Gasteiger partial charge < -0.3 is 9.68 Å². The zero-order valence-corrected chi connectivity index (χ0v) is 8.54.